The van der Waals surface area contributed by atoms with Crippen LogP contribution in [-0.2, 0) is 0 Å². The lowest BCUT2D eigenvalue weighted by molar-refractivity contribution is 0.415. The highest BCUT2D eigenvalue weighted by atomic mass is 32.2. The first-order chi connectivity index (χ1) is 10.3. The lowest BCUT2D eigenvalue weighted by Gasteiger charge is -2.04. The molecule has 0 aliphatic carbocycles. The Morgan fingerprint density at radius 3 is 2.71 bits per heavy atom. The zero-order chi connectivity index (χ0) is 14.7. The van der Waals surface area contributed by atoms with Gasteiger partial charge in [0.25, 0.3) is 0 Å². The maximum Gasteiger partial charge on any atom is 0.213 e. The molecule has 0 aliphatic rings. The van der Waals surface area contributed by atoms with Crippen molar-refractivity contribution >= 4 is 17.4 Å². The van der Waals surface area contributed by atoms with Crippen LogP contribution in [-0.4, -0.2) is 32.7 Å². The lowest BCUT2D eigenvalue weighted by atomic mass is 10.1. The number of nitrogens with zero attached hydrogens (tertiary/aromatic N) is 4. The number of rotatable bonds is 4. The highest BCUT2D eigenvalue weighted by Crippen LogP contribution is 2.22. The van der Waals surface area contributed by atoms with Crippen LogP contribution in [0.2, 0.25) is 0 Å². The van der Waals surface area contributed by atoms with Crippen LogP contribution in [0.3, 0.4) is 0 Å². The summed E-state index contributed by atoms with van der Waals surface area (Å²) in [6.07, 6.45) is 5.28. The van der Waals surface area contributed by atoms with Crippen LogP contribution in [0.1, 0.15) is 0 Å². The van der Waals surface area contributed by atoms with Gasteiger partial charge in [0, 0.05) is 5.56 Å². The topological polar surface area (TPSA) is 52.3 Å². The van der Waals surface area contributed by atoms with Gasteiger partial charge in [0.05, 0.1) is 18.6 Å². The largest absolute Gasteiger partial charge is 0.497 e. The molecule has 3 rings (SSSR count). The van der Waals surface area contributed by atoms with E-state index in [9.17, 15) is 0 Å². The second kappa shape index (κ2) is 5.85. The van der Waals surface area contributed by atoms with Crippen molar-refractivity contribution in [3.8, 4) is 29.4 Å². The van der Waals surface area contributed by atoms with Gasteiger partial charge in [-0.3, -0.25) is 0 Å². The Morgan fingerprint density at radius 2 is 2.00 bits per heavy atom. The van der Waals surface area contributed by atoms with Crippen LogP contribution in [0, 0.1) is 12.3 Å². The Kier molecular flexibility index (Phi) is 3.75. The third kappa shape index (κ3) is 2.69. The molecule has 0 fully saturated rings. The third-order valence-corrected chi connectivity index (χ3v) is 3.73. The number of hydrogen-bond acceptors (Lipinski definition) is 5. The van der Waals surface area contributed by atoms with Crippen molar-refractivity contribution in [2.45, 2.75) is 5.16 Å². The normalized spacial score (nSPS) is 10.5. The van der Waals surface area contributed by atoms with E-state index >= 15 is 0 Å². The Bertz CT molecular complexity index is 805. The molecule has 0 atom stereocenters. The molecule has 104 valence electrons. The van der Waals surface area contributed by atoms with E-state index in [2.05, 4.69) is 21.2 Å². The number of aromatic nitrogens is 4. The summed E-state index contributed by atoms with van der Waals surface area (Å²) in [7, 11) is 1.64. The van der Waals surface area contributed by atoms with Crippen LogP contribution in [0.5, 0.6) is 5.75 Å². The average molecular weight is 296 g/mol. The fourth-order valence-corrected chi connectivity index (χ4v) is 2.45. The number of hydrogen-bond donors (Lipinski definition) is 0. The minimum atomic E-state index is 0.537. The van der Waals surface area contributed by atoms with Crippen LogP contribution < -0.4 is 4.74 Å². The SMILES string of the molecule is C#CCSc1nnc2ccc(-c3ccc(OC)cc3)nn12. The van der Waals surface area contributed by atoms with E-state index in [0.29, 0.717) is 16.6 Å². The fourth-order valence-electron chi connectivity index (χ4n) is 1.88. The van der Waals surface area contributed by atoms with Crippen molar-refractivity contribution in [2.24, 2.45) is 0 Å². The number of terminal acetylenes is 1. The van der Waals surface area contributed by atoms with E-state index < -0.39 is 0 Å². The Morgan fingerprint density at radius 1 is 1.19 bits per heavy atom. The van der Waals surface area contributed by atoms with Gasteiger partial charge in [0.1, 0.15) is 5.75 Å². The lowest BCUT2D eigenvalue weighted by Crippen LogP contribution is -1.96. The standard InChI is InChI=1S/C15H12N4OS/c1-3-10-21-15-17-16-14-9-8-13(18-19(14)15)11-4-6-12(20-2)7-5-11/h1,4-9H,10H2,2H3. The summed E-state index contributed by atoms with van der Waals surface area (Å²) >= 11 is 1.44. The Hall–Kier alpha value is -2.52. The Labute approximate surface area is 126 Å². The molecule has 2 aromatic heterocycles. The molecule has 0 aliphatic heterocycles. The maximum absolute atomic E-state index is 5.28. The van der Waals surface area contributed by atoms with Gasteiger partial charge in [0.2, 0.25) is 5.16 Å². The molecule has 0 spiro atoms. The minimum Gasteiger partial charge on any atom is -0.497 e. The predicted molar refractivity (Wildman–Crippen MR) is 82.3 cm³/mol. The van der Waals surface area contributed by atoms with Crippen LogP contribution >= 0.6 is 11.8 Å². The zero-order valence-corrected chi connectivity index (χ0v) is 12.2. The summed E-state index contributed by atoms with van der Waals surface area (Å²) < 4.78 is 6.87. The van der Waals surface area contributed by atoms with E-state index in [4.69, 9.17) is 11.2 Å². The van der Waals surface area contributed by atoms with Crippen molar-refractivity contribution in [3.05, 3.63) is 36.4 Å². The van der Waals surface area contributed by atoms with E-state index in [1.165, 1.54) is 11.8 Å². The molecule has 0 saturated heterocycles. The summed E-state index contributed by atoms with van der Waals surface area (Å²) in [5.41, 5.74) is 2.54. The minimum absolute atomic E-state index is 0.537. The number of thioether (sulfide) groups is 1. The number of fused-ring (bicyclic) bond motifs is 1. The van der Waals surface area contributed by atoms with Gasteiger partial charge in [-0.05, 0) is 36.4 Å². The van der Waals surface area contributed by atoms with Crippen LogP contribution in [0.25, 0.3) is 16.9 Å². The highest BCUT2D eigenvalue weighted by molar-refractivity contribution is 7.99. The molecule has 0 amide bonds. The summed E-state index contributed by atoms with van der Waals surface area (Å²) in [4.78, 5) is 0. The van der Waals surface area contributed by atoms with Crippen LogP contribution in [0.15, 0.2) is 41.6 Å². The first-order valence-corrected chi connectivity index (χ1v) is 7.23. The number of methoxy groups -OCH3 is 1. The molecular weight excluding hydrogens is 284 g/mol. The van der Waals surface area contributed by atoms with Gasteiger partial charge >= 0.3 is 0 Å². The van der Waals surface area contributed by atoms with Gasteiger partial charge < -0.3 is 4.74 Å². The quantitative estimate of drug-likeness (QED) is 0.547. The number of benzene rings is 1. The van der Waals surface area contributed by atoms with Gasteiger partial charge in [-0.15, -0.1) is 16.6 Å². The molecule has 2 heterocycles. The smallest absolute Gasteiger partial charge is 0.213 e. The van der Waals surface area contributed by atoms with E-state index in [0.717, 1.165) is 17.0 Å². The summed E-state index contributed by atoms with van der Waals surface area (Å²) in [5.74, 6) is 3.92. The summed E-state index contributed by atoms with van der Waals surface area (Å²) in [6, 6.07) is 11.5. The molecule has 0 N–H and O–H groups in total. The molecule has 0 radical (unpaired) electrons. The predicted octanol–water partition coefficient (Wildman–Crippen LogP) is 2.53. The van der Waals surface area contributed by atoms with Crippen molar-refractivity contribution in [3.63, 3.8) is 0 Å². The first-order valence-electron chi connectivity index (χ1n) is 6.25. The molecule has 21 heavy (non-hydrogen) atoms. The zero-order valence-electron chi connectivity index (χ0n) is 11.4. The molecule has 6 heteroatoms. The van der Waals surface area contributed by atoms with Gasteiger partial charge in [-0.25, -0.2) is 0 Å². The monoisotopic (exact) mass is 296 g/mol. The van der Waals surface area contributed by atoms with Crippen molar-refractivity contribution in [1.29, 1.82) is 0 Å². The van der Waals surface area contributed by atoms with Crippen molar-refractivity contribution in [2.75, 3.05) is 12.9 Å². The van der Waals surface area contributed by atoms with Crippen molar-refractivity contribution in [1.82, 2.24) is 19.8 Å². The molecule has 0 bridgehead atoms. The highest BCUT2D eigenvalue weighted by Gasteiger charge is 2.08. The van der Waals surface area contributed by atoms with Gasteiger partial charge in [-0.1, -0.05) is 17.7 Å². The second-order valence-corrected chi connectivity index (χ2v) is 5.13. The van der Waals surface area contributed by atoms with E-state index in [1.807, 2.05) is 36.4 Å². The average Bonchev–Trinajstić information content (AvgIpc) is 2.95. The van der Waals surface area contributed by atoms with E-state index in [-0.39, 0.29) is 0 Å². The first kappa shape index (κ1) is 13.5. The van der Waals surface area contributed by atoms with Gasteiger partial charge in [-0.2, -0.15) is 9.61 Å². The molecule has 1 aromatic carbocycles. The molecule has 0 saturated carbocycles. The third-order valence-electron chi connectivity index (χ3n) is 2.90. The molecule has 0 unspecified atom stereocenters. The molecule has 5 nitrogen and oxygen atoms in total. The van der Waals surface area contributed by atoms with E-state index in [1.54, 1.807) is 11.6 Å². The number of ether oxygens (including phenoxy) is 1. The summed E-state index contributed by atoms with van der Waals surface area (Å²) in [5, 5.41) is 13.4. The van der Waals surface area contributed by atoms with Crippen molar-refractivity contribution < 1.29 is 4.74 Å². The molecule has 3 aromatic rings. The second-order valence-electron chi connectivity index (χ2n) is 4.19. The fraction of sp³-hybridized carbons (Fsp3) is 0.133. The summed E-state index contributed by atoms with van der Waals surface area (Å²) in [6.45, 7) is 0. The Balaban J connectivity index is 2.00. The molecular formula is C15H12N4OS. The van der Waals surface area contributed by atoms with Crippen LogP contribution in [0.4, 0.5) is 0 Å². The maximum atomic E-state index is 5.28. The van der Waals surface area contributed by atoms with Gasteiger partial charge in [0.15, 0.2) is 5.65 Å².